The summed E-state index contributed by atoms with van der Waals surface area (Å²) in [7, 11) is 0. The molecule has 1 saturated carbocycles. The number of ether oxygens (including phenoxy) is 1. The van der Waals surface area contributed by atoms with Gasteiger partial charge in [0, 0.05) is 13.1 Å². The Morgan fingerprint density at radius 3 is 2.46 bits per heavy atom. The first kappa shape index (κ1) is 9.47. The predicted molar refractivity (Wildman–Crippen MR) is 53.8 cm³/mol. The van der Waals surface area contributed by atoms with Gasteiger partial charge in [0.15, 0.2) is 0 Å². The molecule has 76 valence electrons. The predicted octanol–water partition coefficient (Wildman–Crippen LogP) is 1.90. The largest absolute Gasteiger partial charge is 0.379 e. The number of nitrogens with zero attached hydrogens (tertiary/aromatic N) is 1. The molecule has 1 heterocycles. The van der Waals surface area contributed by atoms with E-state index in [2.05, 4.69) is 4.90 Å². The number of morpholine rings is 1. The Balaban J connectivity index is 1.60. The van der Waals surface area contributed by atoms with E-state index in [4.69, 9.17) is 4.74 Å². The first-order valence-corrected chi connectivity index (χ1v) is 5.75. The van der Waals surface area contributed by atoms with E-state index in [-0.39, 0.29) is 0 Å². The van der Waals surface area contributed by atoms with Crippen molar-refractivity contribution in [2.24, 2.45) is 5.92 Å². The van der Waals surface area contributed by atoms with Crippen molar-refractivity contribution in [3.63, 3.8) is 0 Å². The Morgan fingerprint density at radius 2 is 1.77 bits per heavy atom. The molecule has 0 atom stereocenters. The third-order valence-corrected chi connectivity index (χ3v) is 3.43. The maximum Gasteiger partial charge on any atom is 0.0594 e. The first-order chi connectivity index (χ1) is 6.45. The van der Waals surface area contributed by atoms with Crippen LogP contribution < -0.4 is 0 Å². The fraction of sp³-hybridized carbons (Fsp3) is 1.00. The molecule has 0 aromatic carbocycles. The number of hydrogen-bond acceptors (Lipinski definition) is 2. The second-order valence-corrected chi connectivity index (χ2v) is 4.39. The van der Waals surface area contributed by atoms with Crippen LogP contribution in [0.5, 0.6) is 0 Å². The van der Waals surface area contributed by atoms with E-state index < -0.39 is 0 Å². The lowest BCUT2D eigenvalue weighted by molar-refractivity contribution is 0.0355. The quantitative estimate of drug-likeness (QED) is 0.662. The van der Waals surface area contributed by atoms with Gasteiger partial charge in [-0.2, -0.15) is 0 Å². The molecule has 0 radical (unpaired) electrons. The van der Waals surface area contributed by atoms with Gasteiger partial charge in [0.1, 0.15) is 0 Å². The Hall–Kier alpha value is -0.0800. The van der Waals surface area contributed by atoms with Crippen LogP contribution in [0.4, 0.5) is 0 Å². The third kappa shape index (κ3) is 2.96. The van der Waals surface area contributed by atoms with E-state index in [1.807, 2.05) is 0 Å². The Morgan fingerprint density at radius 1 is 1.08 bits per heavy atom. The van der Waals surface area contributed by atoms with Crippen molar-refractivity contribution in [1.82, 2.24) is 4.90 Å². The summed E-state index contributed by atoms with van der Waals surface area (Å²) in [6.45, 7) is 5.53. The highest BCUT2D eigenvalue weighted by Crippen LogP contribution is 2.27. The zero-order valence-electron chi connectivity index (χ0n) is 8.50. The molecule has 2 rings (SSSR count). The molecule has 1 aliphatic heterocycles. The normalized spacial score (nSPS) is 26.8. The molecule has 1 aliphatic carbocycles. The molecule has 2 heteroatoms. The fourth-order valence-electron chi connectivity index (χ4n) is 2.49. The standard InChI is InChI=1S/C11H21NO/c1-2-4-11(3-1)5-6-12-7-9-13-10-8-12/h11H,1-10H2. The molecule has 0 N–H and O–H groups in total. The van der Waals surface area contributed by atoms with Crippen LogP contribution in [0.15, 0.2) is 0 Å². The maximum atomic E-state index is 5.33. The van der Waals surface area contributed by atoms with Gasteiger partial charge in [-0.15, -0.1) is 0 Å². The van der Waals surface area contributed by atoms with Crippen LogP contribution in [-0.4, -0.2) is 37.7 Å². The van der Waals surface area contributed by atoms with E-state index in [0.29, 0.717) is 0 Å². The van der Waals surface area contributed by atoms with Crippen LogP contribution in [0, 0.1) is 5.92 Å². The summed E-state index contributed by atoms with van der Waals surface area (Å²) >= 11 is 0. The second kappa shape index (κ2) is 4.97. The van der Waals surface area contributed by atoms with Crippen LogP contribution >= 0.6 is 0 Å². The third-order valence-electron chi connectivity index (χ3n) is 3.43. The average molecular weight is 183 g/mol. The molecule has 0 unspecified atom stereocenters. The molecular weight excluding hydrogens is 162 g/mol. The highest BCUT2D eigenvalue weighted by molar-refractivity contribution is 4.70. The molecule has 0 spiro atoms. The molecular formula is C11H21NO. The first-order valence-electron chi connectivity index (χ1n) is 5.75. The molecule has 0 aromatic heterocycles. The minimum atomic E-state index is 0.949. The lowest BCUT2D eigenvalue weighted by Crippen LogP contribution is -2.37. The van der Waals surface area contributed by atoms with Crippen molar-refractivity contribution >= 4 is 0 Å². The SMILES string of the molecule is C1CCC(CCN2CCOCC2)C1. The minimum absolute atomic E-state index is 0.949. The van der Waals surface area contributed by atoms with Crippen molar-refractivity contribution in [3.05, 3.63) is 0 Å². The van der Waals surface area contributed by atoms with E-state index >= 15 is 0 Å². The summed E-state index contributed by atoms with van der Waals surface area (Å²) in [6.07, 6.45) is 7.37. The molecule has 0 bridgehead atoms. The van der Waals surface area contributed by atoms with Crippen LogP contribution in [-0.2, 0) is 4.74 Å². The number of hydrogen-bond donors (Lipinski definition) is 0. The lowest BCUT2D eigenvalue weighted by atomic mass is 10.0. The minimum Gasteiger partial charge on any atom is -0.379 e. The second-order valence-electron chi connectivity index (χ2n) is 4.39. The van der Waals surface area contributed by atoms with Gasteiger partial charge in [-0.05, 0) is 18.9 Å². The Kier molecular flexibility index (Phi) is 3.62. The van der Waals surface area contributed by atoms with Gasteiger partial charge >= 0.3 is 0 Å². The zero-order chi connectivity index (χ0) is 8.93. The zero-order valence-corrected chi connectivity index (χ0v) is 8.50. The summed E-state index contributed by atoms with van der Waals surface area (Å²) in [5.74, 6) is 1.04. The van der Waals surface area contributed by atoms with Crippen molar-refractivity contribution in [1.29, 1.82) is 0 Å². The Labute approximate surface area is 81.3 Å². The van der Waals surface area contributed by atoms with E-state index in [9.17, 15) is 0 Å². The van der Waals surface area contributed by atoms with Gasteiger partial charge in [-0.3, -0.25) is 4.90 Å². The van der Waals surface area contributed by atoms with Crippen LogP contribution in [0.1, 0.15) is 32.1 Å². The summed E-state index contributed by atoms with van der Waals surface area (Å²) < 4.78 is 5.33. The molecule has 2 fully saturated rings. The molecule has 2 aliphatic rings. The van der Waals surface area contributed by atoms with Crippen LogP contribution in [0.3, 0.4) is 0 Å². The van der Waals surface area contributed by atoms with E-state index in [0.717, 1.165) is 32.2 Å². The summed E-state index contributed by atoms with van der Waals surface area (Å²) in [4.78, 5) is 2.56. The summed E-state index contributed by atoms with van der Waals surface area (Å²) in [5, 5.41) is 0. The molecule has 0 aromatic rings. The topological polar surface area (TPSA) is 12.5 Å². The summed E-state index contributed by atoms with van der Waals surface area (Å²) in [5.41, 5.74) is 0. The van der Waals surface area contributed by atoms with Crippen molar-refractivity contribution < 1.29 is 4.74 Å². The van der Waals surface area contributed by atoms with Crippen molar-refractivity contribution in [3.8, 4) is 0 Å². The van der Waals surface area contributed by atoms with Gasteiger partial charge in [0.25, 0.3) is 0 Å². The van der Waals surface area contributed by atoms with Crippen LogP contribution in [0.2, 0.25) is 0 Å². The average Bonchev–Trinajstić information content (AvgIpc) is 2.69. The van der Waals surface area contributed by atoms with Gasteiger partial charge in [-0.1, -0.05) is 25.7 Å². The highest BCUT2D eigenvalue weighted by Gasteiger charge is 2.17. The van der Waals surface area contributed by atoms with Crippen LogP contribution in [0.25, 0.3) is 0 Å². The Bertz CT molecular complexity index is 137. The molecule has 0 amide bonds. The van der Waals surface area contributed by atoms with Gasteiger partial charge in [0.05, 0.1) is 13.2 Å². The molecule has 1 saturated heterocycles. The lowest BCUT2D eigenvalue weighted by Gasteiger charge is -2.27. The van der Waals surface area contributed by atoms with Crippen molar-refractivity contribution in [2.45, 2.75) is 32.1 Å². The summed E-state index contributed by atoms with van der Waals surface area (Å²) in [6, 6.07) is 0. The van der Waals surface area contributed by atoms with Gasteiger partial charge in [-0.25, -0.2) is 0 Å². The highest BCUT2D eigenvalue weighted by atomic mass is 16.5. The smallest absolute Gasteiger partial charge is 0.0594 e. The van der Waals surface area contributed by atoms with Crippen molar-refractivity contribution in [2.75, 3.05) is 32.8 Å². The van der Waals surface area contributed by atoms with Gasteiger partial charge < -0.3 is 4.74 Å². The number of rotatable bonds is 3. The van der Waals surface area contributed by atoms with E-state index in [1.54, 1.807) is 0 Å². The molecule has 13 heavy (non-hydrogen) atoms. The molecule has 2 nitrogen and oxygen atoms in total. The van der Waals surface area contributed by atoms with Gasteiger partial charge in [0.2, 0.25) is 0 Å². The fourth-order valence-corrected chi connectivity index (χ4v) is 2.49. The maximum absolute atomic E-state index is 5.33. The van der Waals surface area contributed by atoms with E-state index in [1.165, 1.54) is 38.6 Å². The monoisotopic (exact) mass is 183 g/mol.